The van der Waals surface area contributed by atoms with Gasteiger partial charge in [0.05, 0.1) is 79.5 Å². The predicted octanol–water partition coefficient (Wildman–Crippen LogP) is 24.6. The molecule has 15 aliphatic rings. The first kappa shape index (κ1) is 83.3. The molecule has 658 valence electrons. The molecule has 0 amide bonds. The molecule has 8 atom stereocenters. The number of H-pyrrole nitrogens is 4. The third-order valence-electron chi connectivity index (χ3n) is 30.9. The summed E-state index contributed by atoms with van der Waals surface area (Å²) < 4.78 is 96.6. The Bertz CT molecular complexity index is 6510. The molecule has 129 heavy (non-hydrogen) atoms. The van der Waals surface area contributed by atoms with Crippen LogP contribution in [0.2, 0.25) is 5.15 Å². The average molecular weight is 1760 g/mol. The number of hydrogen-bond donors (Lipinski definition) is 8. The van der Waals surface area contributed by atoms with E-state index in [-0.39, 0.29) is 98.7 Å². The lowest BCUT2D eigenvalue weighted by atomic mass is 9.62. The minimum Gasteiger partial charge on any atom is -0.466 e. The second-order valence-electron chi connectivity index (χ2n) is 37.8. The highest BCUT2D eigenvalue weighted by Crippen LogP contribution is 2.58. The van der Waals surface area contributed by atoms with E-state index in [9.17, 15) is 8.78 Å². The van der Waals surface area contributed by atoms with Gasteiger partial charge in [0.2, 0.25) is 34.6 Å². The third kappa shape index (κ3) is 15.1. The highest BCUT2D eigenvalue weighted by Gasteiger charge is 2.48. The molecule has 0 saturated heterocycles. The van der Waals surface area contributed by atoms with Crippen molar-refractivity contribution in [2.24, 2.45) is 71.0 Å². The maximum absolute atomic E-state index is 16.0. The average Bonchev–Trinajstić information content (AvgIpc) is 1.72. The topological polar surface area (TPSA) is 297 Å². The van der Waals surface area contributed by atoms with E-state index in [2.05, 4.69) is 143 Å². The van der Waals surface area contributed by atoms with E-state index >= 15 is 17.6 Å². The molecular formula is C97H95ClF6N24O. The Labute approximate surface area is 745 Å². The summed E-state index contributed by atoms with van der Waals surface area (Å²) in [4.78, 5) is 78.7. The molecule has 13 heterocycles. The van der Waals surface area contributed by atoms with Crippen LogP contribution >= 0.6 is 11.6 Å². The van der Waals surface area contributed by atoms with Gasteiger partial charge >= 0.3 is 0 Å². The van der Waals surface area contributed by atoms with Crippen molar-refractivity contribution in [1.29, 1.82) is 0 Å². The first-order valence-electron chi connectivity index (χ1n) is 45.6. The first-order valence-corrected chi connectivity index (χ1v) is 46.0. The Morgan fingerprint density at radius 1 is 0.372 bits per heavy atom. The van der Waals surface area contributed by atoms with Crippen molar-refractivity contribution < 1.29 is 30.8 Å². The van der Waals surface area contributed by atoms with Crippen LogP contribution in [0.4, 0.5) is 72.4 Å². The summed E-state index contributed by atoms with van der Waals surface area (Å²) in [5.41, 5.74) is 9.07. The number of aromatic nitrogens is 16. The number of rotatable bonds is 16. The Morgan fingerprint density at radius 3 is 1.05 bits per heavy atom. The van der Waals surface area contributed by atoms with Crippen LogP contribution in [0.1, 0.15) is 203 Å². The van der Waals surface area contributed by atoms with Gasteiger partial charge in [-0.15, -0.1) is 0 Å². The van der Waals surface area contributed by atoms with Crippen LogP contribution in [0.25, 0.3) is 120 Å². The van der Waals surface area contributed by atoms with Crippen molar-refractivity contribution in [2.75, 3.05) is 21.3 Å². The maximum Gasteiger partial charge on any atom is 0.232 e. The maximum atomic E-state index is 16.0. The van der Waals surface area contributed by atoms with Gasteiger partial charge in [-0.1, -0.05) is 39.3 Å². The SMILES string of the molecule is [C-]#[N+]c1c(-c2c[nH]c3ncc(Cl)nc23)nc(N[C@@H]2C3CCC(CC3)[C@H]2C)c(F)c1-c1ccco1.[C-]#[N+]c1c(-c2c[nH]c3ncc(F)nc23)nc(N[C@@H]2C3CCC(CC3)[C@H]2C)c(F)c1C1CC1.[C-]#[N+]c1c(-c2c[nH]c3ncc(F)nc23)nc(N[C@H]2C3CCC(CC3)[C@@H]2C)c(F)c1C1CC1.[C-]#[N+]c1c(-c2c[nH]c3ncncc23)nc(N[C@H]2C3CCC(CC3)[C@@H]2C)c(F)c1C1CC1. The molecule has 0 aliphatic heterocycles. The highest BCUT2D eigenvalue weighted by atomic mass is 35.5. The van der Waals surface area contributed by atoms with Gasteiger partial charge < -0.3 is 45.6 Å². The molecule has 32 heteroatoms. The second-order valence-corrected chi connectivity index (χ2v) is 38.2. The lowest BCUT2D eigenvalue weighted by Crippen LogP contribution is -2.47. The molecule has 15 aliphatic carbocycles. The quantitative estimate of drug-likeness (QED) is 0.0329. The largest absolute Gasteiger partial charge is 0.466 e. The molecule has 0 unspecified atom stereocenters. The summed E-state index contributed by atoms with van der Waals surface area (Å²) in [5, 5.41) is 14.9. The fraction of sp³-hybridized carbons (Fsp3) is 0.464. The van der Waals surface area contributed by atoms with Gasteiger partial charge in [-0.2, -0.15) is 8.78 Å². The van der Waals surface area contributed by atoms with Crippen LogP contribution in [0.5, 0.6) is 0 Å². The number of pyridine rings is 4. The van der Waals surface area contributed by atoms with Crippen molar-refractivity contribution in [1.82, 2.24) is 79.7 Å². The second kappa shape index (κ2) is 33.8. The zero-order valence-corrected chi connectivity index (χ0v) is 72.4. The molecule has 8 bridgehead atoms. The summed E-state index contributed by atoms with van der Waals surface area (Å²) in [7, 11) is 0. The molecule has 15 saturated carbocycles. The summed E-state index contributed by atoms with van der Waals surface area (Å²) >= 11 is 6.10. The predicted molar refractivity (Wildman–Crippen MR) is 480 cm³/mol. The summed E-state index contributed by atoms with van der Waals surface area (Å²) in [6, 6.07) is 4.03. The van der Waals surface area contributed by atoms with E-state index in [4.69, 9.17) is 47.3 Å². The van der Waals surface area contributed by atoms with E-state index in [1.807, 2.05) is 0 Å². The lowest BCUT2D eigenvalue weighted by Gasteiger charge is -2.47. The normalized spacial score (nSPS) is 26.2. The standard InChI is InChI=1S/C25H22ClFN6O.2C24H24F2N6.C24H25FN6/c1-12-13-5-7-14(8-6-13)20(12)32-24-19(27)18(16-4-3-9-34-16)23(28-2)21(33-24)15-10-29-25-22(15)31-17(26)11-30-25;2*1-11-12-3-7-14(8-4-12)19(11)31-23-18(26)17(13-5-6-13)22(27-2)20(32-23)15-9-28-24-21(15)30-16(25)10-29-24;1-12-13-3-7-15(8-4-13)20(12)30-24-19(25)18(14-5-6-14)22(26-2)21(31-24)16-10-28-23-17(16)9-27-11-29-23/h3-4,9-14,20H,5-8H2,1H3,(H,29,30)(H,32,33);2*9-14,19H,3-8H2,1H3,(H,28,29)(H,31,32);9-15,20H,3-8H2,1H3,(H,30,31)(H,27,28,29)/t12-,13?,14?,20+;2*11-,12?,14?,19+;12-,13?,15?,20+/m1100/s1. The lowest BCUT2D eigenvalue weighted by molar-refractivity contribution is 0.0926. The van der Waals surface area contributed by atoms with Crippen LogP contribution in [0.15, 0.2) is 78.7 Å². The number of halogens is 7. The molecule has 8 N–H and O–H groups in total. The molecule has 0 aromatic carbocycles. The van der Waals surface area contributed by atoms with Crippen LogP contribution in [0.3, 0.4) is 0 Å². The molecule has 28 rings (SSSR count). The number of aromatic amines is 4. The van der Waals surface area contributed by atoms with Gasteiger partial charge in [0.25, 0.3) is 0 Å². The van der Waals surface area contributed by atoms with E-state index in [1.165, 1.54) is 83.0 Å². The molecular weight excluding hydrogens is 1670 g/mol. The van der Waals surface area contributed by atoms with Gasteiger partial charge in [-0.25, -0.2) is 96.7 Å². The number of anilines is 4. The van der Waals surface area contributed by atoms with Crippen LogP contribution in [-0.2, 0) is 0 Å². The van der Waals surface area contributed by atoms with Crippen molar-refractivity contribution in [3.63, 3.8) is 0 Å². The van der Waals surface area contributed by atoms with E-state index in [1.54, 1.807) is 43.1 Å². The number of hydrogen-bond acceptors (Lipinski definition) is 17. The van der Waals surface area contributed by atoms with Crippen molar-refractivity contribution >= 4 is 102 Å². The number of furan rings is 1. The fourth-order valence-corrected chi connectivity index (χ4v) is 23.7. The Morgan fingerprint density at radius 2 is 0.698 bits per heavy atom. The van der Waals surface area contributed by atoms with Gasteiger partial charge in [-0.3, -0.25) is 0 Å². The van der Waals surface area contributed by atoms with Gasteiger partial charge in [0, 0.05) is 99.5 Å². The smallest absolute Gasteiger partial charge is 0.232 e. The number of nitrogens with zero attached hydrogens (tertiary/aromatic N) is 16. The first-order chi connectivity index (χ1) is 62.8. The highest BCUT2D eigenvalue weighted by molar-refractivity contribution is 6.29. The molecule has 0 spiro atoms. The monoisotopic (exact) mass is 1760 g/mol. The zero-order valence-electron chi connectivity index (χ0n) is 71.7. The van der Waals surface area contributed by atoms with E-state index < -0.39 is 29.3 Å². The molecule has 15 fully saturated rings. The number of fused-ring (bicyclic) bond motifs is 16. The van der Waals surface area contributed by atoms with Crippen LogP contribution in [-0.4, -0.2) is 104 Å². The summed E-state index contributed by atoms with van der Waals surface area (Å²) in [5.74, 6) is 4.69. The van der Waals surface area contributed by atoms with Crippen LogP contribution < -0.4 is 21.3 Å². The van der Waals surface area contributed by atoms with Gasteiger partial charge in [-0.05, 0) is 242 Å². The van der Waals surface area contributed by atoms with Crippen molar-refractivity contribution in [2.45, 2.75) is 211 Å². The Balaban J connectivity index is 0.000000104. The van der Waals surface area contributed by atoms with Crippen molar-refractivity contribution in [3.8, 4) is 56.4 Å². The fourth-order valence-electron chi connectivity index (χ4n) is 23.6. The zero-order chi connectivity index (χ0) is 88.5. The van der Waals surface area contributed by atoms with E-state index in [0.29, 0.717) is 178 Å². The third-order valence-corrected chi connectivity index (χ3v) is 31.1. The molecule has 13 aromatic heterocycles. The molecule has 0 radical (unpaired) electrons. The molecule has 25 nitrogen and oxygen atoms in total. The minimum atomic E-state index is -0.711. The minimum absolute atomic E-state index is 0.0228. The summed E-state index contributed by atoms with van der Waals surface area (Å²) in [6.07, 6.45) is 39.5. The summed E-state index contributed by atoms with van der Waals surface area (Å²) in [6.45, 7) is 40.3. The van der Waals surface area contributed by atoms with Crippen LogP contribution in [0, 0.1) is 132 Å². The van der Waals surface area contributed by atoms with Gasteiger partial charge in [0.15, 0.2) is 63.5 Å². The van der Waals surface area contributed by atoms with Crippen molar-refractivity contribution in [3.05, 3.63) is 177 Å². The Kier molecular flexibility index (Phi) is 21.8. The Hall–Kier alpha value is -12.6. The van der Waals surface area contributed by atoms with E-state index in [0.717, 1.165) is 100 Å². The number of nitrogens with one attached hydrogen (secondary N) is 8. The molecule has 13 aromatic rings. The van der Waals surface area contributed by atoms with Gasteiger partial charge in [0.1, 0.15) is 39.4 Å².